The summed E-state index contributed by atoms with van der Waals surface area (Å²) in [6.45, 7) is 1.92. The van der Waals surface area contributed by atoms with Crippen LogP contribution in [0.4, 0.5) is 0 Å². The topological polar surface area (TPSA) is 80.4 Å². The number of benzene rings is 1. The minimum atomic E-state index is -3.66. The molecular formula is C10H15NO3S. The van der Waals surface area contributed by atoms with Crippen molar-refractivity contribution >= 4 is 10.0 Å². The van der Waals surface area contributed by atoms with Crippen LogP contribution in [0.3, 0.4) is 0 Å². The molecule has 1 aromatic rings. The molecular weight excluding hydrogens is 214 g/mol. The van der Waals surface area contributed by atoms with Gasteiger partial charge in [0.2, 0.25) is 10.0 Å². The molecule has 0 aromatic heterocycles. The van der Waals surface area contributed by atoms with Gasteiger partial charge < -0.3 is 5.11 Å². The summed E-state index contributed by atoms with van der Waals surface area (Å²) in [7, 11) is -3.66. The van der Waals surface area contributed by atoms with Gasteiger partial charge in [-0.05, 0) is 31.4 Å². The first kappa shape index (κ1) is 12.2. The Bertz CT molecular complexity index is 440. The summed E-state index contributed by atoms with van der Waals surface area (Å²) in [4.78, 5) is 0.154. The third-order valence-corrected chi connectivity index (χ3v) is 3.14. The second kappa shape index (κ2) is 4.74. The van der Waals surface area contributed by atoms with E-state index in [0.29, 0.717) is 18.4 Å². The van der Waals surface area contributed by atoms with Crippen LogP contribution in [-0.4, -0.2) is 20.1 Å². The molecule has 0 aliphatic heterocycles. The molecule has 1 rings (SSSR count). The summed E-state index contributed by atoms with van der Waals surface area (Å²) in [6.07, 6.45) is 1.05. The van der Waals surface area contributed by atoms with Crippen LogP contribution >= 0.6 is 0 Å². The third kappa shape index (κ3) is 3.30. The summed E-state index contributed by atoms with van der Waals surface area (Å²) < 4.78 is 22.5. The molecule has 0 radical (unpaired) electrons. The second-order valence-electron chi connectivity index (χ2n) is 3.48. The summed E-state index contributed by atoms with van der Waals surface area (Å²) in [6, 6.07) is 5.01. The number of sulfonamides is 1. The van der Waals surface area contributed by atoms with Crippen molar-refractivity contribution in [3.63, 3.8) is 0 Å². The Kier molecular flexibility index (Phi) is 3.84. The van der Waals surface area contributed by atoms with Crippen LogP contribution in [0.25, 0.3) is 0 Å². The SMILES string of the molecule is Cc1ccc(S(N)(=O)=O)c(CCCO)c1. The van der Waals surface area contributed by atoms with Gasteiger partial charge in [0.25, 0.3) is 0 Å². The number of primary sulfonamides is 1. The lowest BCUT2D eigenvalue weighted by molar-refractivity contribution is 0.288. The number of nitrogens with two attached hydrogens (primary N) is 1. The minimum absolute atomic E-state index is 0.0397. The first-order chi connectivity index (χ1) is 6.95. The highest BCUT2D eigenvalue weighted by Crippen LogP contribution is 2.17. The molecule has 0 saturated carbocycles. The highest BCUT2D eigenvalue weighted by atomic mass is 32.2. The van der Waals surface area contributed by atoms with Crippen LogP contribution < -0.4 is 5.14 Å². The molecule has 4 nitrogen and oxygen atoms in total. The van der Waals surface area contributed by atoms with Gasteiger partial charge in [-0.3, -0.25) is 0 Å². The summed E-state index contributed by atoms with van der Waals surface area (Å²) >= 11 is 0. The van der Waals surface area contributed by atoms with Crippen molar-refractivity contribution in [2.24, 2.45) is 5.14 Å². The maximum Gasteiger partial charge on any atom is 0.238 e. The van der Waals surface area contributed by atoms with Gasteiger partial charge in [-0.1, -0.05) is 17.7 Å². The predicted octanol–water partition coefficient (Wildman–Crippen LogP) is 0.567. The fourth-order valence-electron chi connectivity index (χ4n) is 1.45. The van der Waals surface area contributed by atoms with Crippen molar-refractivity contribution in [1.82, 2.24) is 0 Å². The van der Waals surface area contributed by atoms with E-state index in [1.807, 2.05) is 6.92 Å². The molecule has 0 bridgehead atoms. The largest absolute Gasteiger partial charge is 0.396 e. The molecule has 84 valence electrons. The number of aliphatic hydroxyl groups excluding tert-OH is 1. The Hall–Kier alpha value is -0.910. The van der Waals surface area contributed by atoms with Crippen LogP contribution in [0.1, 0.15) is 17.5 Å². The molecule has 0 saturated heterocycles. The molecule has 0 aliphatic carbocycles. The van der Waals surface area contributed by atoms with Crippen molar-refractivity contribution in [3.05, 3.63) is 29.3 Å². The van der Waals surface area contributed by atoms with Gasteiger partial charge in [-0.15, -0.1) is 0 Å². The molecule has 0 unspecified atom stereocenters. The number of rotatable bonds is 4. The molecule has 0 atom stereocenters. The summed E-state index contributed by atoms with van der Waals surface area (Å²) in [5.74, 6) is 0. The quantitative estimate of drug-likeness (QED) is 0.792. The fraction of sp³-hybridized carbons (Fsp3) is 0.400. The molecule has 5 heteroatoms. The number of hydrogen-bond donors (Lipinski definition) is 2. The maximum absolute atomic E-state index is 11.2. The highest BCUT2D eigenvalue weighted by Gasteiger charge is 2.13. The summed E-state index contributed by atoms with van der Waals surface area (Å²) in [5.41, 5.74) is 1.65. The number of hydrogen-bond acceptors (Lipinski definition) is 3. The molecule has 0 amide bonds. The normalized spacial score (nSPS) is 11.7. The molecule has 1 aromatic carbocycles. The minimum Gasteiger partial charge on any atom is -0.396 e. The van der Waals surface area contributed by atoms with Crippen molar-refractivity contribution in [2.45, 2.75) is 24.7 Å². The Labute approximate surface area is 89.8 Å². The zero-order chi connectivity index (χ0) is 11.5. The lowest BCUT2D eigenvalue weighted by atomic mass is 10.1. The zero-order valence-electron chi connectivity index (χ0n) is 8.60. The van der Waals surface area contributed by atoms with Crippen molar-refractivity contribution in [3.8, 4) is 0 Å². The first-order valence-electron chi connectivity index (χ1n) is 4.68. The van der Waals surface area contributed by atoms with Gasteiger partial charge in [0.15, 0.2) is 0 Å². The Morgan fingerprint density at radius 2 is 2.07 bits per heavy atom. The van der Waals surface area contributed by atoms with E-state index in [1.165, 1.54) is 6.07 Å². The molecule has 0 heterocycles. The molecule has 0 spiro atoms. The van der Waals surface area contributed by atoms with E-state index in [0.717, 1.165) is 5.56 Å². The van der Waals surface area contributed by atoms with Crippen LogP contribution in [0.2, 0.25) is 0 Å². The number of aliphatic hydroxyl groups is 1. The highest BCUT2D eigenvalue weighted by molar-refractivity contribution is 7.89. The van der Waals surface area contributed by atoms with Crippen LogP contribution in [0, 0.1) is 6.92 Å². The Balaban J connectivity index is 3.15. The maximum atomic E-state index is 11.2. The van der Waals surface area contributed by atoms with Gasteiger partial charge in [0.05, 0.1) is 4.90 Å². The van der Waals surface area contributed by atoms with Gasteiger partial charge >= 0.3 is 0 Å². The van der Waals surface area contributed by atoms with E-state index in [4.69, 9.17) is 10.2 Å². The standard InChI is InChI=1S/C10H15NO3S/c1-8-4-5-10(15(11,13)14)9(7-8)3-2-6-12/h4-5,7,12H,2-3,6H2,1H3,(H2,11,13,14). The monoisotopic (exact) mass is 229 g/mol. The van der Waals surface area contributed by atoms with E-state index in [2.05, 4.69) is 0 Å². The van der Waals surface area contributed by atoms with Gasteiger partial charge in [-0.2, -0.15) is 0 Å². The van der Waals surface area contributed by atoms with E-state index in [1.54, 1.807) is 12.1 Å². The lowest BCUT2D eigenvalue weighted by Gasteiger charge is -2.07. The smallest absolute Gasteiger partial charge is 0.238 e. The molecule has 15 heavy (non-hydrogen) atoms. The van der Waals surface area contributed by atoms with E-state index < -0.39 is 10.0 Å². The van der Waals surface area contributed by atoms with Crippen LogP contribution in [0.15, 0.2) is 23.1 Å². The van der Waals surface area contributed by atoms with Crippen molar-refractivity contribution in [1.29, 1.82) is 0 Å². The van der Waals surface area contributed by atoms with Crippen molar-refractivity contribution < 1.29 is 13.5 Å². The fourth-order valence-corrected chi connectivity index (χ4v) is 2.23. The lowest BCUT2D eigenvalue weighted by Crippen LogP contribution is -2.14. The van der Waals surface area contributed by atoms with Crippen LogP contribution in [-0.2, 0) is 16.4 Å². The molecule has 0 fully saturated rings. The Morgan fingerprint density at radius 3 is 2.60 bits per heavy atom. The van der Waals surface area contributed by atoms with Gasteiger partial charge in [0.1, 0.15) is 0 Å². The van der Waals surface area contributed by atoms with E-state index in [-0.39, 0.29) is 11.5 Å². The average Bonchev–Trinajstić information content (AvgIpc) is 2.12. The van der Waals surface area contributed by atoms with Gasteiger partial charge in [-0.25, -0.2) is 13.6 Å². The number of aryl methyl sites for hydroxylation is 2. The van der Waals surface area contributed by atoms with Crippen molar-refractivity contribution in [2.75, 3.05) is 6.61 Å². The predicted molar refractivity (Wildman–Crippen MR) is 58.0 cm³/mol. The average molecular weight is 229 g/mol. The molecule has 0 aliphatic rings. The van der Waals surface area contributed by atoms with E-state index >= 15 is 0 Å². The first-order valence-corrected chi connectivity index (χ1v) is 6.23. The second-order valence-corrected chi connectivity index (χ2v) is 5.01. The Morgan fingerprint density at radius 1 is 1.40 bits per heavy atom. The zero-order valence-corrected chi connectivity index (χ0v) is 9.42. The summed E-state index contributed by atoms with van der Waals surface area (Å²) in [5, 5.41) is 13.8. The van der Waals surface area contributed by atoms with Gasteiger partial charge in [0, 0.05) is 6.61 Å². The van der Waals surface area contributed by atoms with Crippen LogP contribution in [0.5, 0.6) is 0 Å². The third-order valence-electron chi connectivity index (χ3n) is 2.13. The van der Waals surface area contributed by atoms with E-state index in [9.17, 15) is 8.42 Å². The molecule has 3 N–H and O–H groups in total.